The predicted molar refractivity (Wildman–Crippen MR) is 52.2 cm³/mol. The lowest BCUT2D eigenvalue weighted by atomic mass is 10.3. The Kier molecular flexibility index (Phi) is 3.68. The minimum Gasteiger partial charge on any atom is -0.395 e. The molecule has 0 aliphatic heterocycles. The van der Waals surface area contributed by atoms with E-state index < -0.39 is 0 Å². The molecule has 1 aromatic heterocycles. The molecule has 0 unspecified atom stereocenters. The lowest BCUT2D eigenvalue weighted by molar-refractivity contribution is 0.311. The third kappa shape index (κ3) is 2.68. The molecule has 0 amide bonds. The summed E-state index contributed by atoms with van der Waals surface area (Å²) in [6, 6.07) is 5.29. The standard InChI is InChI=1S/C8H8BrN3O/c9-8-7(11-3-4-13)2-1-6(5-10)12-8/h1-2,11,13H,3-4H2. The molecule has 0 radical (unpaired) electrons. The number of aliphatic hydroxyl groups excluding tert-OH is 1. The molecule has 13 heavy (non-hydrogen) atoms. The van der Waals surface area contributed by atoms with Crippen LogP contribution in [0.4, 0.5) is 5.69 Å². The summed E-state index contributed by atoms with van der Waals surface area (Å²) in [5.41, 5.74) is 1.13. The van der Waals surface area contributed by atoms with Crippen molar-refractivity contribution in [3.8, 4) is 6.07 Å². The van der Waals surface area contributed by atoms with Crippen LogP contribution in [-0.2, 0) is 0 Å². The molecule has 0 bridgehead atoms. The van der Waals surface area contributed by atoms with Crippen LogP contribution in [-0.4, -0.2) is 23.2 Å². The van der Waals surface area contributed by atoms with E-state index >= 15 is 0 Å². The number of rotatable bonds is 3. The Labute approximate surface area is 84.4 Å². The number of anilines is 1. The van der Waals surface area contributed by atoms with E-state index in [1.165, 1.54) is 0 Å². The second-order valence-electron chi connectivity index (χ2n) is 2.30. The van der Waals surface area contributed by atoms with Crippen molar-refractivity contribution in [1.82, 2.24) is 4.98 Å². The van der Waals surface area contributed by atoms with Gasteiger partial charge in [0.25, 0.3) is 0 Å². The van der Waals surface area contributed by atoms with Crippen molar-refractivity contribution in [3.05, 3.63) is 22.4 Å². The van der Waals surface area contributed by atoms with Crippen molar-refractivity contribution in [1.29, 1.82) is 5.26 Å². The number of nitrogens with zero attached hydrogens (tertiary/aromatic N) is 2. The molecule has 1 heterocycles. The quantitative estimate of drug-likeness (QED) is 0.779. The van der Waals surface area contributed by atoms with Crippen LogP contribution in [0.15, 0.2) is 16.7 Å². The molecule has 0 aromatic carbocycles. The first-order chi connectivity index (χ1) is 6.27. The topological polar surface area (TPSA) is 68.9 Å². The minimum atomic E-state index is 0.0619. The van der Waals surface area contributed by atoms with Gasteiger partial charge in [-0.15, -0.1) is 0 Å². The number of hydrogen-bond acceptors (Lipinski definition) is 4. The maximum Gasteiger partial charge on any atom is 0.141 e. The van der Waals surface area contributed by atoms with E-state index in [2.05, 4.69) is 26.2 Å². The number of pyridine rings is 1. The number of nitrogens with one attached hydrogen (secondary N) is 1. The SMILES string of the molecule is N#Cc1ccc(NCCO)c(Br)n1. The fraction of sp³-hybridized carbons (Fsp3) is 0.250. The predicted octanol–water partition coefficient (Wildman–Crippen LogP) is 1.12. The van der Waals surface area contributed by atoms with Gasteiger partial charge in [-0.3, -0.25) is 0 Å². The van der Waals surface area contributed by atoms with Crippen LogP contribution in [0.25, 0.3) is 0 Å². The Morgan fingerprint density at radius 1 is 1.62 bits per heavy atom. The van der Waals surface area contributed by atoms with Crippen molar-refractivity contribution in [2.45, 2.75) is 0 Å². The molecule has 2 N–H and O–H groups in total. The Morgan fingerprint density at radius 3 is 2.92 bits per heavy atom. The number of halogens is 1. The van der Waals surface area contributed by atoms with Crippen LogP contribution in [0.3, 0.4) is 0 Å². The van der Waals surface area contributed by atoms with Gasteiger partial charge in [-0.1, -0.05) is 0 Å². The van der Waals surface area contributed by atoms with E-state index in [1.807, 2.05) is 6.07 Å². The van der Waals surface area contributed by atoms with Gasteiger partial charge >= 0.3 is 0 Å². The normalized spacial score (nSPS) is 9.31. The molecule has 68 valence electrons. The fourth-order valence-electron chi connectivity index (χ4n) is 0.819. The monoisotopic (exact) mass is 241 g/mol. The van der Waals surface area contributed by atoms with E-state index in [-0.39, 0.29) is 6.61 Å². The third-order valence-corrected chi connectivity index (χ3v) is 2.00. The summed E-state index contributed by atoms with van der Waals surface area (Å²) >= 11 is 3.21. The van der Waals surface area contributed by atoms with E-state index in [9.17, 15) is 0 Å². The zero-order valence-electron chi connectivity index (χ0n) is 6.79. The number of nitriles is 1. The Morgan fingerprint density at radius 2 is 2.38 bits per heavy atom. The maximum absolute atomic E-state index is 8.57. The van der Waals surface area contributed by atoms with Gasteiger partial charge in [-0.05, 0) is 28.1 Å². The first kappa shape index (κ1) is 9.96. The van der Waals surface area contributed by atoms with Gasteiger partial charge in [0.2, 0.25) is 0 Å². The van der Waals surface area contributed by atoms with Crippen LogP contribution in [0, 0.1) is 11.3 Å². The smallest absolute Gasteiger partial charge is 0.141 e. The lowest BCUT2D eigenvalue weighted by Crippen LogP contribution is -2.06. The average molecular weight is 242 g/mol. The third-order valence-electron chi connectivity index (χ3n) is 1.39. The lowest BCUT2D eigenvalue weighted by Gasteiger charge is -2.05. The average Bonchev–Trinajstić information content (AvgIpc) is 2.16. The van der Waals surface area contributed by atoms with Gasteiger partial charge in [0.15, 0.2) is 0 Å². The Bertz CT molecular complexity index is 335. The van der Waals surface area contributed by atoms with Crippen LogP contribution < -0.4 is 5.32 Å². The molecule has 0 spiro atoms. The summed E-state index contributed by atoms with van der Waals surface area (Å²) in [5, 5.41) is 20.0. The number of aromatic nitrogens is 1. The molecule has 0 aliphatic carbocycles. The molecular formula is C8H8BrN3O. The molecule has 1 rings (SSSR count). The molecule has 0 saturated carbocycles. The summed E-state index contributed by atoms with van der Waals surface area (Å²) in [6.07, 6.45) is 0. The van der Waals surface area contributed by atoms with Crippen molar-refractivity contribution >= 4 is 21.6 Å². The van der Waals surface area contributed by atoms with Crippen LogP contribution in [0.1, 0.15) is 5.69 Å². The molecular weight excluding hydrogens is 234 g/mol. The first-order valence-corrected chi connectivity index (χ1v) is 4.48. The van der Waals surface area contributed by atoms with Crippen LogP contribution >= 0.6 is 15.9 Å². The molecule has 0 aliphatic rings. The van der Waals surface area contributed by atoms with Gasteiger partial charge in [0.1, 0.15) is 16.4 Å². The number of hydrogen-bond donors (Lipinski definition) is 2. The van der Waals surface area contributed by atoms with Crippen molar-refractivity contribution < 1.29 is 5.11 Å². The highest BCUT2D eigenvalue weighted by Gasteiger charge is 2.01. The van der Waals surface area contributed by atoms with Gasteiger partial charge in [0.05, 0.1) is 12.3 Å². The van der Waals surface area contributed by atoms with E-state index in [0.29, 0.717) is 16.8 Å². The maximum atomic E-state index is 8.57. The summed E-state index contributed by atoms with van der Waals surface area (Å²) in [7, 11) is 0. The summed E-state index contributed by atoms with van der Waals surface area (Å²) in [4.78, 5) is 3.96. The van der Waals surface area contributed by atoms with Crippen LogP contribution in [0.5, 0.6) is 0 Å². The highest BCUT2D eigenvalue weighted by atomic mass is 79.9. The Hall–Kier alpha value is -1.12. The Balaban J connectivity index is 2.81. The second-order valence-corrected chi connectivity index (χ2v) is 3.05. The van der Waals surface area contributed by atoms with E-state index in [0.717, 1.165) is 5.69 Å². The highest BCUT2D eigenvalue weighted by Crippen LogP contribution is 2.19. The van der Waals surface area contributed by atoms with Gasteiger partial charge in [-0.25, -0.2) is 4.98 Å². The largest absolute Gasteiger partial charge is 0.395 e. The van der Waals surface area contributed by atoms with E-state index in [1.54, 1.807) is 12.1 Å². The van der Waals surface area contributed by atoms with E-state index in [4.69, 9.17) is 10.4 Å². The molecule has 0 fully saturated rings. The fourth-order valence-corrected chi connectivity index (χ4v) is 1.28. The van der Waals surface area contributed by atoms with Crippen molar-refractivity contribution in [3.63, 3.8) is 0 Å². The van der Waals surface area contributed by atoms with Crippen molar-refractivity contribution in [2.75, 3.05) is 18.5 Å². The van der Waals surface area contributed by atoms with Gasteiger partial charge in [-0.2, -0.15) is 5.26 Å². The van der Waals surface area contributed by atoms with Crippen LogP contribution in [0.2, 0.25) is 0 Å². The van der Waals surface area contributed by atoms with Gasteiger partial charge in [0, 0.05) is 6.54 Å². The molecule has 5 heteroatoms. The molecule has 0 atom stereocenters. The molecule has 0 saturated heterocycles. The zero-order chi connectivity index (χ0) is 9.68. The molecule has 1 aromatic rings. The summed E-state index contributed by atoms with van der Waals surface area (Å²) in [5.74, 6) is 0. The second kappa shape index (κ2) is 4.80. The summed E-state index contributed by atoms with van der Waals surface area (Å²) in [6.45, 7) is 0.526. The first-order valence-electron chi connectivity index (χ1n) is 3.69. The highest BCUT2D eigenvalue weighted by molar-refractivity contribution is 9.10. The van der Waals surface area contributed by atoms with Gasteiger partial charge < -0.3 is 10.4 Å². The minimum absolute atomic E-state index is 0.0619. The zero-order valence-corrected chi connectivity index (χ0v) is 8.37. The number of aliphatic hydroxyl groups is 1. The van der Waals surface area contributed by atoms with Crippen molar-refractivity contribution in [2.24, 2.45) is 0 Å². The molecule has 4 nitrogen and oxygen atoms in total. The summed E-state index contributed by atoms with van der Waals surface area (Å²) < 4.78 is 0.583.